The highest BCUT2D eigenvalue weighted by Gasteiger charge is 2.10. The van der Waals surface area contributed by atoms with E-state index in [-0.39, 0.29) is 11.9 Å². The van der Waals surface area contributed by atoms with Crippen LogP contribution in [0.2, 0.25) is 0 Å². The monoisotopic (exact) mass is 458 g/mol. The van der Waals surface area contributed by atoms with Crippen LogP contribution in [-0.2, 0) is 27.2 Å². The van der Waals surface area contributed by atoms with Gasteiger partial charge < -0.3 is 23.7 Å². The predicted molar refractivity (Wildman–Crippen MR) is 125 cm³/mol. The van der Waals surface area contributed by atoms with Crippen LogP contribution >= 0.6 is 0 Å². The van der Waals surface area contributed by atoms with Crippen molar-refractivity contribution in [3.63, 3.8) is 0 Å². The van der Waals surface area contributed by atoms with Crippen LogP contribution in [-0.4, -0.2) is 38.4 Å². The van der Waals surface area contributed by atoms with Crippen LogP contribution in [0.1, 0.15) is 51.7 Å². The Hall–Kier alpha value is -3.06. The highest BCUT2D eigenvalue weighted by molar-refractivity contribution is 5.71. The first kappa shape index (κ1) is 26.2. The number of hydrogen-bond donors (Lipinski definition) is 0. The Labute approximate surface area is 195 Å². The molecule has 0 aliphatic rings. The lowest BCUT2D eigenvalue weighted by molar-refractivity contribution is -0.132. The van der Waals surface area contributed by atoms with E-state index in [1.165, 1.54) is 13.8 Å². The number of hydrogen-bond acceptors (Lipinski definition) is 7. The molecule has 7 nitrogen and oxygen atoms in total. The Bertz CT molecular complexity index is 834. The fourth-order valence-corrected chi connectivity index (χ4v) is 3.29. The van der Waals surface area contributed by atoms with Gasteiger partial charge >= 0.3 is 11.9 Å². The second-order valence-electron chi connectivity index (χ2n) is 7.43. The highest BCUT2D eigenvalue weighted by atomic mass is 16.6. The summed E-state index contributed by atoms with van der Waals surface area (Å²) in [5.74, 6) is 1.31. The van der Waals surface area contributed by atoms with Crippen LogP contribution < -0.4 is 18.9 Å². The van der Waals surface area contributed by atoms with E-state index in [0.29, 0.717) is 49.4 Å². The number of esters is 2. The molecule has 7 heteroatoms. The quantitative estimate of drug-likeness (QED) is 0.226. The molecule has 0 radical (unpaired) electrons. The number of ether oxygens (including phenoxy) is 5. The van der Waals surface area contributed by atoms with Crippen LogP contribution in [0.5, 0.6) is 23.0 Å². The zero-order valence-corrected chi connectivity index (χ0v) is 20.0. The van der Waals surface area contributed by atoms with Crippen molar-refractivity contribution in [2.75, 3.05) is 26.4 Å². The maximum atomic E-state index is 11.2. The lowest BCUT2D eigenvalue weighted by Gasteiger charge is -2.12. The second kappa shape index (κ2) is 14.2. The number of benzene rings is 2. The summed E-state index contributed by atoms with van der Waals surface area (Å²) in [6.45, 7) is 8.84. The molecule has 0 bridgehead atoms. The number of aryl methyl sites for hydroxylation is 2. The van der Waals surface area contributed by atoms with E-state index in [2.05, 4.69) is 0 Å². The van der Waals surface area contributed by atoms with Crippen LogP contribution in [0, 0.1) is 0 Å². The fraction of sp³-hybridized carbons (Fsp3) is 0.462. The third-order valence-electron chi connectivity index (χ3n) is 4.63. The van der Waals surface area contributed by atoms with Crippen molar-refractivity contribution in [3.8, 4) is 23.0 Å². The average Bonchev–Trinajstić information content (AvgIpc) is 2.76. The molecule has 0 N–H and O–H groups in total. The van der Waals surface area contributed by atoms with E-state index in [1.54, 1.807) is 12.1 Å². The van der Waals surface area contributed by atoms with Gasteiger partial charge in [0.2, 0.25) is 0 Å². The Morgan fingerprint density at radius 2 is 1.09 bits per heavy atom. The highest BCUT2D eigenvalue weighted by Crippen LogP contribution is 2.30. The van der Waals surface area contributed by atoms with Crippen LogP contribution in [0.25, 0.3) is 0 Å². The molecule has 0 fully saturated rings. The van der Waals surface area contributed by atoms with E-state index in [9.17, 15) is 9.59 Å². The van der Waals surface area contributed by atoms with Crippen molar-refractivity contribution in [1.29, 1.82) is 0 Å². The zero-order valence-electron chi connectivity index (χ0n) is 20.0. The molecule has 2 aromatic carbocycles. The van der Waals surface area contributed by atoms with Crippen molar-refractivity contribution in [2.24, 2.45) is 0 Å². The maximum Gasteiger partial charge on any atom is 0.308 e. The van der Waals surface area contributed by atoms with E-state index in [0.717, 1.165) is 36.8 Å². The summed E-state index contributed by atoms with van der Waals surface area (Å²) in [6, 6.07) is 11.2. The van der Waals surface area contributed by atoms with Gasteiger partial charge in [-0.15, -0.1) is 0 Å². The molecule has 0 saturated heterocycles. The first-order valence-electron chi connectivity index (χ1n) is 11.4. The van der Waals surface area contributed by atoms with E-state index >= 15 is 0 Å². The molecule has 0 amide bonds. The first-order chi connectivity index (χ1) is 15.9. The first-order valence-corrected chi connectivity index (χ1v) is 11.4. The van der Waals surface area contributed by atoms with Gasteiger partial charge in [-0.2, -0.15) is 0 Å². The van der Waals surface area contributed by atoms with Crippen molar-refractivity contribution < 1.29 is 33.3 Å². The molecule has 0 aliphatic carbocycles. The zero-order chi connectivity index (χ0) is 24.1. The molecule has 0 heterocycles. The number of carbonyl (C=O) groups is 2. The van der Waals surface area contributed by atoms with Gasteiger partial charge in [-0.05, 0) is 74.9 Å². The minimum Gasteiger partial charge on any atom is -0.490 e. The Morgan fingerprint density at radius 1 is 0.667 bits per heavy atom. The topological polar surface area (TPSA) is 80.3 Å². The third kappa shape index (κ3) is 9.53. The Morgan fingerprint density at radius 3 is 1.45 bits per heavy atom. The lowest BCUT2D eigenvalue weighted by atomic mass is 10.1. The molecular weight excluding hydrogens is 424 g/mol. The maximum absolute atomic E-state index is 11.2. The summed E-state index contributed by atoms with van der Waals surface area (Å²) in [7, 11) is 0. The molecule has 2 rings (SSSR count). The van der Waals surface area contributed by atoms with Gasteiger partial charge in [-0.25, -0.2) is 0 Å². The number of rotatable bonds is 14. The van der Waals surface area contributed by atoms with Crippen molar-refractivity contribution in [3.05, 3.63) is 47.5 Å². The molecule has 2 aromatic rings. The molecule has 0 aromatic heterocycles. The summed E-state index contributed by atoms with van der Waals surface area (Å²) < 4.78 is 27.3. The van der Waals surface area contributed by atoms with E-state index in [1.807, 2.05) is 38.1 Å². The van der Waals surface area contributed by atoms with Gasteiger partial charge in [-0.1, -0.05) is 12.1 Å². The minimum absolute atomic E-state index is 0.369. The minimum atomic E-state index is -0.369. The van der Waals surface area contributed by atoms with Crippen LogP contribution in [0.3, 0.4) is 0 Å². The smallest absolute Gasteiger partial charge is 0.308 e. The Kier molecular flexibility index (Phi) is 11.2. The molecule has 0 unspecified atom stereocenters. The largest absolute Gasteiger partial charge is 0.490 e. The Balaban J connectivity index is 1.73. The summed E-state index contributed by atoms with van der Waals surface area (Å²) in [5.41, 5.74) is 2.21. The van der Waals surface area contributed by atoms with Gasteiger partial charge in [0.15, 0.2) is 23.0 Å². The average molecular weight is 459 g/mol. The summed E-state index contributed by atoms with van der Waals surface area (Å²) >= 11 is 0. The number of carbonyl (C=O) groups excluding carboxylic acids is 2. The summed E-state index contributed by atoms with van der Waals surface area (Å²) in [6.07, 6.45) is 3.44. The molecule has 0 saturated carbocycles. The van der Waals surface area contributed by atoms with Gasteiger partial charge in [-0.3, -0.25) is 9.59 Å². The standard InChI is InChI=1S/C26H34O7/c1-5-30-25-17-21(11-13-23(25)32-19(3)27)9-7-15-29-16-8-10-22-12-14-24(33-20(4)28)26(18-22)31-6-2/h11-14,17-18H,5-10,15-16H2,1-4H3. The lowest BCUT2D eigenvalue weighted by Crippen LogP contribution is -2.05. The fourth-order valence-electron chi connectivity index (χ4n) is 3.29. The molecule has 0 atom stereocenters. The molecular formula is C26H34O7. The predicted octanol–water partition coefficient (Wildman–Crippen LogP) is 4.92. The van der Waals surface area contributed by atoms with Crippen molar-refractivity contribution >= 4 is 11.9 Å². The van der Waals surface area contributed by atoms with Gasteiger partial charge in [0.05, 0.1) is 13.2 Å². The van der Waals surface area contributed by atoms with Gasteiger partial charge in [0.25, 0.3) is 0 Å². The molecule has 180 valence electrons. The molecule has 0 spiro atoms. The SMILES string of the molecule is CCOc1cc(CCCOCCCc2ccc(OC(C)=O)c(OCC)c2)ccc1OC(C)=O. The second-order valence-corrected chi connectivity index (χ2v) is 7.43. The summed E-state index contributed by atoms with van der Waals surface area (Å²) in [5, 5.41) is 0. The normalized spacial score (nSPS) is 10.5. The van der Waals surface area contributed by atoms with E-state index in [4.69, 9.17) is 23.7 Å². The van der Waals surface area contributed by atoms with Gasteiger partial charge in [0.1, 0.15) is 0 Å². The third-order valence-corrected chi connectivity index (χ3v) is 4.63. The van der Waals surface area contributed by atoms with Crippen molar-refractivity contribution in [2.45, 2.75) is 53.4 Å². The van der Waals surface area contributed by atoms with Crippen LogP contribution in [0.4, 0.5) is 0 Å². The molecule has 33 heavy (non-hydrogen) atoms. The summed E-state index contributed by atoms with van der Waals surface area (Å²) in [4.78, 5) is 22.4. The van der Waals surface area contributed by atoms with Crippen LogP contribution in [0.15, 0.2) is 36.4 Å². The van der Waals surface area contributed by atoms with Crippen molar-refractivity contribution in [1.82, 2.24) is 0 Å². The molecule has 0 aliphatic heterocycles. The van der Waals surface area contributed by atoms with E-state index < -0.39 is 0 Å². The van der Waals surface area contributed by atoms with Gasteiger partial charge in [0, 0.05) is 27.1 Å².